The number of hydrogen-bond acceptors (Lipinski definition) is 3. The van der Waals surface area contributed by atoms with E-state index in [1.807, 2.05) is 11.8 Å². The Kier molecular flexibility index (Phi) is 4.06. The smallest absolute Gasteiger partial charge is 0.0792 e. The van der Waals surface area contributed by atoms with E-state index in [0.29, 0.717) is 5.92 Å². The predicted molar refractivity (Wildman–Crippen MR) is 87.6 cm³/mol. The molecule has 3 rings (SSSR count). The maximum atomic E-state index is 3.58. The Hall–Kier alpha value is -0.970. The molecule has 1 N–H and O–H groups in total. The first-order valence-electron chi connectivity index (χ1n) is 7.24. The standard InChI is InChI=1S/C16H23N3S/c1-18(2)11-17-10-12-8-9-20-16-15(12)13-6-4-5-7-14(13)19(16)3/h4-7,12,17H,8-11H2,1-3H3. The molecular formula is C16H23N3S. The van der Waals surface area contributed by atoms with E-state index in [-0.39, 0.29) is 0 Å². The molecule has 0 saturated carbocycles. The van der Waals surface area contributed by atoms with Crippen molar-refractivity contribution in [1.29, 1.82) is 0 Å². The van der Waals surface area contributed by atoms with Crippen LogP contribution in [-0.4, -0.2) is 42.5 Å². The van der Waals surface area contributed by atoms with E-state index in [2.05, 4.69) is 60.2 Å². The van der Waals surface area contributed by atoms with Crippen LogP contribution in [0.25, 0.3) is 10.9 Å². The van der Waals surface area contributed by atoms with Crippen LogP contribution in [0.4, 0.5) is 0 Å². The Morgan fingerprint density at radius 2 is 2.15 bits per heavy atom. The molecular weight excluding hydrogens is 266 g/mol. The van der Waals surface area contributed by atoms with E-state index in [4.69, 9.17) is 0 Å². The van der Waals surface area contributed by atoms with Gasteiger partial charge in [-0.3, -0.25) is 4.90 Å². The van der Waals surface area contributed by atoms with Gasteiger partial charge in [-0.15, -0.1) is 11.8 Å². The third kappa shape index (κ3) is 2.48. The van der Waals surface area contributed by atoms with Crippen LogP contribution in [-0.2, 0) is 7.05 Å². The highest BCUT2D eigenvalue weighted by molar-refractivity contribution is 7.99. The molecule has 0 amide bonds. The summed E-state index contributed by atoms with van der Waals surface area (Å²) in [6, 6.07) is 8.81. The van der Waals surface area contributed by atoms with E-state index >= 15 is 0 Å². The molecule has 1 aromatic carbocycles. The molecule has 3 nitrogen and oxygen atoms in total. The number of aromatic nitrogens is 1. The van der Waals surface area contributed by atoms with E-state index in [9.17, 15) is 0 Å². The molecule has 1 aromatic heterocycles. The van der Waals surface area contributed by atoms with Gasteiger partial charge in [-0.05, 0) is 32.1 Å². The van der Waals surface area contributed by atoms with Gasteiger partial charge in [-0.2, -0.15) is 0 Å². The largest absolute Gasteiger partial charge is 0.339 e. The average molecular weight is 289 g/mol. The molecule has 1 aliphatic rings. The van der Waals surface area contributed by atoms with Gasteiger partial charge >= 0.3 is 0 Å². The maximum absolute atomic E-state index is 3.58. The zero-order valence-electron chi connectivity index (χ0n) is 12.5. The van der Waals surface area contributed by atoms with Gasteiger partial charge in [0.2, 0.25) is 0 Å². The summed E-state index contributed by atoms with van der Waals surface area (Å²) in [4.78, 5) is 2.18. The molecule has 0 saturated heterocycles. The van der Waals surface area contributed by atoms with Gasteiger partial charge in [-0.1, -0.05) is 18.2 Å². The van der Waals surface area contributed by atoms with Gasteiger partial charge in [0.25, 0.3) is 0 Å². The van der Waals surface area contributed by atoms with Crippen molar-refractivity contribution in [3.8, 4) is 0 Å². The van der Waals surface area contributed by atoms with Crippen LogP contribution in [0.15, 0.2) is 29.3 Å². The fraction of sp³-hybridized carbons (Fsp3) is 0.500. The summed E-state index contributed by atoms with van der Waals surface area (Å²) in [6.45, 7) is 2.02. The number of para-hydroxylation sites is 1. The van der Waals surface area contributed by atoms with E-state index < -0.39 is 0 Å². The van der Waals surface area contributed by atoms with Crippen molar-refractivity contribution >= 4 is 22.7 Å². The maximum Gasteiger partial charge on any atom is 0.0792 e. The molecule has 1 atom stereocenters. The van der Waals surface area contributed by atoms with Crippen molar-refractivity contribution in [1.82, 2.24) is 14.8 Å². The minimum Gasteiger partial charge on any atom is -0.339 e. The van der Waals surface area contributed by atoms with Crippen LogP contribution in [0, 0.1) is 0 Å². The molecule has 1 unspecified atom stereocenters. The monoisotopic (exact) mass is 289 g/mol. The van der Waals surface area contributed by atoms with Crippen LogP contribution in [0.2, 0.25) is 0 Å². The van der Waals surface area contributed by atoms with Crippen molar-refractivity contribution in [3.63, 3.8) is 0 Å². The van der Waals surface area contributed by atoms with Crippen molar-refractivity contribution in [2.75, 3.05) is 33.1 Å². The highest BCUT2D eigenvalue weighted by atomic mass is 32.2. The molecule has 108 valence electrons. The number of fused-ring (bicyclic) bond motifs is 3. The number of hydrogen-bond donors (Lipinski definition) is 1. The Morgan fingerprint density at radius 1 is 1.35 bits per heavy atom. The lowest BCUT2D eigenvalue weighted by Gasteiger charge is -2.24. The van der Waals surface area contributed by atoms with Crippen LogP contribution >= 0.6 is 11.8 Å². The van der Waals surface area contributed by atoms with Gasteiger partial charge in [0.05, 0.1) is 5.03 Å². The minimum absolute atomic E-state index is 0.636. The molecule has 2 aromatic rings. The topological polar surface area (TPSA) is 20.2 Å². The van der Waals surface area contributed by atoms with Crippen molar-refractivity contribution in [2.24, 2.45) is 7.05 Å². The van der Waals surface area contributed by atoms with Crippen LogP contribution in [0.3, 0.4) is 0 Å². The number of nitrogens with zero attached hydrogens (tertiary/aromatic N) is 2. The van der Waals surface area contributed by atoms with Crippen molar-refractivity contribution in [2.45, 2.75) is 17.4 Å². The van der Waals surface area contributed by atoms with E-state index in [1.54, 1.807) is 5.56 Å². The Morgan fingerprint density at radius 3 is 2.95 bits per heavy atom. The van der Waals surface area contributed by atoms with Crippen LogP contribution in [0.5, 0.6) is 0 Å². The number of benzene rings is 1. The molecule has 20 heavy (non-hydrogen) atoms. The summed E-state index contributed by atoms with van der Waals surface area (Å²) in [5, 5.41) is 6.48. The number of rotatable bonds is 4. The second-order valence-corrected chi connectivity index (χ2v) is 6.90. The summed E-state index contributed by atoms with van der Waals surface area (Å²) < 4.78 is 2.37. The molecule has 2 heterocycles. The Labute approximate surface area is 125 Å². The fourth-order valence-corrected chi connectivity index (χ4v) is 4.40. The van der Waals surface area contributed by atoms with E-state index in [0.717, 1.165) is 13.2 Å². The summed E-state index contributed by atoms with van der Waals surface area (Å²) in [7, 11) is 6.41. The lowest BCUT2D eigenvalue weighted by atomic mass is 9.95. The van der Waals surface area contributed by atoms with Crippen LogP contribution in [0.1, 0.15) is 17.9 Å². The molecule has 0 bridgehead atoms. The van der Waals surface area contributed by atoms with Gasteiger partial charge in [0.15, 0.2) is 0 Å². The number of aryl methyl sites for hydroxylation is 1. The predicted octanol–water partition coefficient (Wildman–Crippen LogP) is 2.87. The molecule has 0 radical (unpaired) electrons. The van der Waals surface area contributed by atoms with Crippen molar-refractivity contribution in [3.05, 3.63) is 29.8 Å². The molecule has 1 aliphatic heterocycles. The number of thioether (sulfide) groups is 1. The third-order valence-corrected chi connectivity index (χ3v) is 5.23. The highest BCUT2D eigenvalue weighted by Crippen LogP contribution is 2.42. The zero-order chi connectivity index (χ0) is 14.1. The zero-order valence-corrected chi connectivity index (χ0v) is 13.3. The average Bonchev–Trinajstić information content (AvgIpc) is 2.74. The quantitative estimate of drug-likeness (QED) is 0.874. The summed E-state index contributed by atoms with van der Waals surface area (Å²) >= 11 is 2.01. The normalized spacial score (nSPS) is 18.7. The van der Waals surface area contributed by atoms with Gasteiger partial charge in [-0.25, -0.2) is 0 Å². The van der Waals surface area contributed by atoms with Crippen LogP contribution < -0.4 is 5.32 Å². The Bertz CT molecular complexity index is 603. The number of nitrogens with one attached hydrogen (secondary N) is 1. The van der Waals surface area contributed by atoms with Gasteiger partial charge in [0.1, 0.15) is 0 Å². The lowest BCUT2D eigenvalue weighted by Crippen LogP contribution is -2.32. The van der Waals surface area contributed by atoms with Gasteiger partial charge in [0, 0.05) is 42.8 Å². The van der Waals surface area contributed by atoms with E-state index in [1.165, 1.54) is 28.1 Å². The fourth-order valence-electron chi connectivity index (χ4n) is 3.08. The SMILES string of the molecule is CN(C)CNCC1CCSc2c1c1ccccc1n2C. The first-order chi connectivity index (χ1) is 9.68. The first kappa shape index (κ1) is 14.0. The summed E-state index contributed by atoms with van der Waals surface area (Å²) in [5.41, 5.74) is 2.93. The second kappa shape index (κ2) is 5.80. The summed E-state index contributed by atoms with van der Waals surface area (Å²) in [6.07, 6.45) is 1.27. The van der Waals surface area contributed by atoms with Gasteiger partial charge < -0.3 is 9.88 Å². The molecule has 0 aliphatic carbocycles. The Balaban J connectivity index is 1.93. The minimum atomic E-state index is 0.636. The molecule has 0 spiro atoms. The summed E-state index contributed by atoms with van der Waals surface area (Å²) in [5.74, 6) is 1.86. The van der Waals surface area contributed by atoms with Crippen molar-refractivity contribution < 1.29 is 0 Å². The highest BCUT2D eigenvalue weighted by Gasteiger charge is 2.26. The molecule has 0 fully saturated rings. The second-order valence-electron chi connectivity index (χ2n) is 5.82. The first-order valence-corrected chi connectivity index (χ1v) is 8.22. The molecule has 4 heteroatoms. The third-order valence-electron chi connectivity index (χ3n) is 4.02. The lowest BCUT2D eigenvalue weighted by molar-refractivity contribution is 0.359.